The highest BCUT2D eigenvalue weighted by atomic mass is 35.5. The summed E-state index contributed by atoms with van der Waals surface area (Å²) in [6.45, 7) is 7.06. The Kier molecular flexibility index (Phi) is 24.2. The largest absolute Gasteiger partial charge is 0.507 e. The van der Waals surface area contributed by atoms with Crippen molar-refractivity contribution in [3.8, 4) is 62.9 Å². The maximum absolute atomic E-state index is 16.0. The molecule has 4 saturated carbocycles. The highest BCUT2D eigenvalue weighted by Gasteiger charge is 2.50. The number of rotatable bonds is 21. The topological polar surface area (TPSA) is 466 Å². The first-order valence-corrected chi connectivity index (χ1v) is 38.7. The third-order valence-electron chi connectivity index (χ3n) is 21.5. The van der Waals surface area contributed by atoms with E-state index in [1.165, 1.54) is 67.7 Å². The van der Waals surface area contributed by atoms with Crippen molar-refractivity contribution in [1.82, 2.24) is 52.6 Å². The van der Waals surface area contributed by atoms with E-state index in [1.807, 2.05) is 13.8 Å². The van der Waals surface area contributed by atoms with Gasteiger partial charge in [-0.3, -0.25) is 38.4 Å². The lowest BCUT2D eigenvalue weighted by molar-refractivity contribution is -0.138. The summed E-state index contributed by atoms with van der Waals surface area (Å²) in [5, 5.41) is 98.8. The molecule has 5 aliphatic heterocycles. The zero-order chi connectivity index (χ0) is 78.7. The number of sulfonamides is 1. The van der Waals surface area contributed by atoms with Gasteiger partial charge in [-0.2, -0.15) is 0 Å². The van der Waals surface area contributed by atoms with E-state index in [1.54, 1.807) is 19.1 Å². The van der Waals surface area contributed by atoms with E-state index in [9.17, 15) is 53.4 Å². The molecule has 6 aromatic rings. The number of carbonyl (C=O) groups is 8. The first kappa shape index (κ1) is 79.3. The molecule has 18 N–H and O–H groups in total. The van der Waals surface area contributed by atoms with Crippen LogP contribution in [-0.4, -0.2) is 143 Å². The van der Waals surface area contributed by atoms with E-state index in [-0.39, 0.29) is 103 Å². The fourth-order valence-corrected chi connectivity index (χ4v) is 17.3. The molecule has 5 heterocycles. The molecule has 110 heavy (non-hydrogen) atoms. The second-order valence-electron chi connectivity index (χ2n) is 29.7. The van der Waals surface area contributed by atoms with Gasteiger partial charge in [-0.15, -0.1) is 0 Å². The number of nitrogens with one attached hydrogen (secondary N) is 10. The summed E-state index contributed by atoms with van der Waals surface area (Å²) in [6.07, 6.45) is 2.51. The van der Waals surface area contributed by atoms with Crippen LogP contribution < -0.4 is 72.5 Å². The number of aliphatic hydroxyl groups excluding tert-OH is 2. The van der Waals surface area contributed by atoms with Crippen LogP contribution in [0.1, 0.15) is 154 Å². The smallest absolute Gasteiger partial charge is 0.248 e. The first-order chi connectivity index (χ1) is 52.5. The summed E-state index contributed by atoms with van der Waals surface area (Å²) in [7, 11) is -2.56. The molecule has 0 aromatic heterocycles. The second kappa shape index (κ2) is 33.5. The summed E-state index contributed by atoms with van der Waals surface area (Å²) in [5.74, 6) is -11.7. The maximum atomic E-state index is 16.0. The van der Waals surface area contributed by atoms with Crippen molar-refractivity contribution >= 4 is 68.9 Å². The molecule has 586 valence electrons. The molecule has 9 atom stereocenters. The minimum absolute atomic E-state index is 0.00356. The summed E-state index contributed by atoms with van der Waals surface area (Å²) in [5.41, 5.74) is 4.00. The number of fused-ring (bicyclic) bond motifs is 15. The molecule has 8 amide bonds. The fourth-order valence-electron chi connectivity index (χ4n) is 16.0. The lowest BCUT2D eigenvalue weighted by Gasteiger charge is -2.54. The van der Waals surface area contributed by atoms with E-state index in [0.717, 1.165) is 75.6 Å². The Hall–Kier alpha value is -10.3. The van der Waals surface area contributed by atoms with Gasteiger partial charge in [0.25, 0.3) is 0 Å². The Morgan fingerprint density at radius 1 is 0.664 bits per heavy atom. The Morgan fingerprint density at radius 2 is 1.30 bits per heavy atom. The number of carbonyl (C=O) groups excluding carboxylic acids is 8. The van der Waals surface area contributed by atoms with E-state index >= 15 is 24.0 Å². The van der Waals surface area contributed by atoms with Gasteiger partial charge in [-0.1, -0.05) is 63.4 Å². The van der Waals surface area contributed by atoms with Gasteiger partial charge in [-0.05, 0) is 201 Å². The number of aromatic hydroxyl groups is 4. The molecule has 32 heteroatoms. The Balaban J connectivity index is 0.975. The van der Waals surface area contributed by atoms with Gasteiger partial charge >= 0.3 is 0 Å². The van der Waals surface area contributed by atoms with Crippen molar-refractivity contribution in [1.29, 1.82) is 0 Å². The first-order valence-electron chi connectivity index (χ1n) is 36.9. The lowest BCUT2D eigenvalue weighted by atomic mass is 9.54. The minimum atomic E-state index is -4.08. The van der Waals surface area contributed by atoms with Gasteiger partial charge < -0.3 is 98.4 Å². The van der Waals surface area contributed by atoms with Crippen molar-refractivity contribution in [2.75, 3.05) is 26.7 Å². The summed E-state index contributed by atoms with van der Waals surface area (Å²) < 4.78 is 48.0. The SMILES string of the molecule is CCCCCOc1ccc(S(=O)(=O)NCCNCc2c(O)cc3c(c2O)-c2cc(ccc2O)[C@H]2NC(=O)[C@@H]4NC(=O)[C@H](CC(N)=O)NC(=O)[C@H](NC(=O)[C@@H](CC(C)C)NC)[C@H](O)c5ccc(c(C)c5)Oc5cc4cc(c5O)Oc4ccc(cc4Cl)[C@@H](O)[C@H](NC2=O)C(=O)N[C@@H]3C(=O)NC2C3CC4CC(C3)CC2C4)cc1. The maximum Gasteiger partial charge on any atom is 0.248 e. The van der Waals surface area contributed by atoms with E-state index < -0.39 is 171 Å². The van der Waals surface area contributed by atoms with Crippen molar-refractivity contribution in [2.45, 2.75) is 164 Å². The standard InChI is InChI=1S/C78H92ClN11O19S/c1-6-7-8-21-107-46-12-14-47(15-13-46)110(105,106)83-20-19-82-35-50-55(92)33-49-61(70(50)96)48-29-40(9-16-54(48)91)63-74(100)90-67(78(104)88-65(49)76(102)85-62-43-25-38-24-39(27-43)28-44(62)26-38)69(95)42-11-18-57(51(79)30-42)109-59-32-45-31-58(71(59)97)108-56-17-10-41(23-37(56)4)68(94)66(89-72(98)52(81-5)22-36(2)3)77(103)84-53(34-60(80)93)73(99)86-64(45)75(101)87-63/h9-18,23,29-33,36,38-39,43-44,52-53,62-69,81-83,91-92,94-97H,6-8,19-22,24-28,34-35H2,1-5H3,(H2,80,93)(H,84,103)(H,85,102)(H,86,99)(H,87,101)(H,88,104)(H,89,98)(H,90,100)/t38?,39?,43?,44?,52-,53+,62?,63-,64-,65+,66-,67+,68-,69-/m1/s1. The minimum Gasteiger partial charge on any atom is -0.507 e. The molecule has 0 spiro atoms. The Bertz CT molecular complexity index is 4650. The number of aryl methyl sites for hydroxylation is 1. The predicted molar refractivity (Wildman–Crippen MR) is 400 cm³/mol. The summed E-state index contributed by atoms with van der Waals surface area (Å²) in [4.78, 5) is 120. The number of amides is 8. The van der Waals surface area contributed by atoms with Gasteiger partial charge in [0.05, 0.1) is 34.6 Å². The molecular weight excluding hydrogens is 1460 g/mol. The number of benzene rings is 6. The van der Waals surface area contributed by atoms with Crippen LogP contribution in [0, 0.1) is 36.5 Å². The molecule has 15 bridgehead atoms. The molecule has 4 fully saturated rings. The predicted octanol–water partition coefficient (Wildman–Crippen LogP) is 5.54. The number of hydrogen-bond donors (Lipinski definition) is 17. The number of primary amides is 1. The quantitative estimate of drug-likeness (QED) is 0.0393. The van der Waals surface area contributed by atoms with Crippen LogP contribution in [0.3, 0.4) is 0 Å². The monoisotopic (exact) mass is 1550 g/mol. The molecule has 6 aromatic carbocycles. The van der Waals surface area contributed by atoms with Crippen molar-refractivity contribution < 1.29 is 91.6 Å². The lowest BCUT2D eigenvalue weighted by Crippen LogP contribution is -2.59. The number of ether oxygens (including phenoxy) is 3. The number of nitrogens with two attached hydrogens (primary N) is 1. The van der Waals surface area contributed by atoms with Crippen molar-refractivity contribution in [2.24, 2.45) is 35.3 Å². The average Bonchev–Trinajstić information content (AvgIpc) is 0.754. The number of aliphatic hydroxyl groups is 2. The van der Waals surface area contributed by atoms with Gasteiger partial charge in [0.1, 0.15) is 83.0 Å². The molecule has 4 aliphatic carbocycles. The highest BCUT2D eigenvalue weighted by molar-refractivity contribution is 7.89. The third-order valence-corrected chi connectivity index (χ3v) is 23.2. The fraction of sp³-hybridized carbons (Fsp3) is 0.436. The van der Waals surface area contributed by atoms with Crippen molar-refractivity contribution in [3.63, 3.8) is 0 Å². The number of unbranched alkanes of at least 4 members (excludes halogenated alkanes) is 2. The Morgan fingerprint density at radius 3 is 1.95 bits per heavy atom. The van der Waals surface area contributed by atoms with Gasteiger partial charge in [-0.25, -0.2) is 13.1 Å². The van der Waals surface area contributed by atoms with Gasteiger partial charge in [0.15, 0.2) is 11.5 Å². The van der Waals surface area contributed by atoms with E-state index in [0.29, 0.717) is 24.2 Å². The zero-order valence-corrected chi connectivity index (χ0v) is 62.7. The third kappa shape index (κ3) is 17.3. The summed E-state index contributed by atoms with van der Waals surface area (Å²) in [6, 6.07) is 6.86. The van der Waals surface area contributed by atoms with E-state index in [2.05, 4.69) is 59.5 Å². The number of likely N-dealkylation sites (N-methyl/N-ethyl adjacent to an activating group) is 1. The summed E-state index contributed by atoms with van der Waals surface area (Å²) >= 11 is 7.01. The van der Waals surface area contributed by atoms with Crippen LogP contribution in [0.25, 0.3) is 11.1 Å². The molecule has 9 aliphatic rings. The normalized spacial score (nSPS) is 24.6. The van der Waals surface area contributed by atoms with Gasteiger partial charge in [0, 0.05) is 36.8 Å². The van der Waals surface area contributed by atoms with Crippen LogP contribution in [0.15, 0.2) is 102 Å². The van der Waals surface area contributed by atoms with Crippen LogP contribution in [-0.2, 0) is 54.9 Å². The van der Waals surface area contributed by atoms with Gasteiger partial charge in [0.2, 0.25) is 63.0 Å². The number of phenols is 4. The van der Waals surface area contributed by atoms with E-state index in [4.69, 9.17) is 31.5 Å². The molecule has 30 nitrogen and oxygen atoms in total. The zero-order valence-electron chi connectivity index (χ0n) is 61.2. The average molecular weight is 1560 g/mol. The molecule has 0 radical (unpaired) electrons. The number of phenolic OH excluding ortho intramolecular Hbond substituents is 4. The van der Waals surface area contributed by atoms with Crippen LogP contribution in [0.4, 0.5) is 0 Å². The second-order valence-corrected chi connectivity index (χ2v) is 31.9. The van der Waals surface area contributed by atoms with Crippen LogP contribution in [0.2, 0.25) is 5.02 Å². The van der Waals surface area contributed by atoms with Crippen molar-refractivity contribution in [3.05, 3.63) is 141 Å². The molecule has 15 rings (SSSR count). The molecule has 0 saturated heterocycles. The Labute approximate surface area is 639 Å². The van der Waals surface area contributed by atoms with Crippen LogP contribution >= 0.6 is 11.6 Å². The number of hydrogen-bond acceptors (Lipinski definition) is 21. The molecular formula is C78H92ClN11O19S. The highest BCUT2D eigenvalue weighted by Crippen LogP contribution is 2.55. The molecule has 0 unspecified atom stereocenters. The van der Waals surface area contributed by atoms with Crippen LogP contribution in [0.5, 0.6) is 51.7 Å². The number of halogens is 1.